The molecule has 1 aliphatic carbocycles. The van der Waals surface area contributed by atoms with Gasteiger partial charge >= 0.3 is 16.2 Å². The van der Waals surface area contributed by atoms with Crippen LogP contribution in [0.3, 0.4) is 0 Å². The number of carbonyl (C=O) groups is 2. The molecule has 1 aliphatic rings. The number of nitrogens with one attached hydrogen (secondary N) is 3. The van der Waals surface area contributed by atoms with Gasteiger partial charge in [0.25, 0.3) is 0 Å². The zero-order valence-electron chi connectivity index (χ0n) is 15.6. The molecule has 3 N–H and O–H groups in total. The lowest BCUT2D eigenvalue weighted by molar-refractivity contribution is 0.0967. The monoisotopic (exact) mass is 421 g/mol. The molecule has 0 atom stereocenters. The second-order valence-corrected chi connectivity index (χ2v) is 7.57. The Morgan fingerprint density at radius 1 is 1.03 bits per heavy atom. The number of Topliss-reactive ketones (excluding diaryl/α,β-unsaturated/α-hetero) is 1. The highest BCUT2D eigenvalue weighted by atomic mass is 32.2. The molecule has 1 aromatic heterocycles. The van der Waals surface area contributed by atoms with Gasteiger partial charge in [-0.3, -0.25) is 14.8 Å². The van der Waals surface area contributed by atoms with Gasteiger partial charge in [-0.2, -0.15) is 18.4 Å². The lowest BCUT2D eigenvalue weighted by atomic mass is 10.1. The van der Waals surface area contributed by atoms with Crippen LogP contribution in [0.4, 0.5) is 16.4 Å². The Kier molecular flexibility index (Phi) is 5.82. The maximum atomic E-state index is 12.1. The highest BCUT2D eigenvalue weighted by Crippen LogP contribution is 2.32. The number of hydrogen-bond donors (Lipinski definition) is 3. The quantitative estimate of drug-likeness (QED) is 0.544. The van der Waals surface area contributed by atoms with Crippen LogP contribution in [0.5, 0.6) is 11.8 Å². The van der Waals surface area contributed by atoms with Crippen molar-refractivity contribution in [2.24, 2.45) is 5.92 Å². The van der Waals surface area contributed by atoms with E-state index in [9.17, 15) is 18.0 Å². The molecule has 1 fully saturated rings. The van der Waals surface area contributed by atoms with Crippen molar-refractivity contribution >= 4 is 33.7 Å². The first-order valence-corrected chi connectivity index (χ1v) is 10.0. The van der Waals surface area contributed by atoms with Crippen molar-refractivity contribution in [1.29, 1.82) is 0 Å². The molecule has 3 rings (SSSR count). The van der Waals surface area contributed by atoms with Gasteiger partial charge in [-0.25, -0.2) is 9.52 Å². The van der Waals surface area contributed by atoms with E-state index in [-0.39, 0.29) is 35.1 Å². The van der Waals surface area contributed by atoms with Gasteiger partial charge in [0, 0.05) is 11.5 Å². The third-order valence-electron chi connectivity index (χ3n) is 3.92. The van der Waals surface area contributed by atoms with Gasteiger partial charge in [0.2, 0.25) is 17.7 Å². The van der Waals surface area contributed by atoms with E-state index >= 15 is 0 Å². The number of hydrogen-bond acceptors (Lipinski definition) is 8. The molecular formula is C17H19N5O6S. The van der Waals surface area contributed by atoms with Crippen LogP contribution in [0.25, 0.3) is 0 Å². The summed E-state index contributed by atoms with van der Waals surface area (Å²) in [6, 6.07) is 6.27. The van der Waals surface area contributed by atoms with E-state index in [4.69, 9.17) is 9.47 Å². The predicted molar refractivity (Wildman–Crippen MR) is 103 cm³/mol. The molecule has 0 bridgehead atoms. The van der Waals surface area contributed by atoms with Crippen molar-refractivity contribution in [3.05, 3.63) is 35.9 Å². The minimum absolute atomic E-state index is 0.0469. The van der Waals surface area contributed by atoms with E-state index in [2.05, 4.69) is 20.0 Å². The minimum Gasteiger partial charge on any atom is -0.481 e. The molecule has 154 valence electrons. The highest BCUT2D eigenvalue weighted by Gasteiger charge is 2.30. The Labute approximate surface area is 167 Å². The summed E-state index contributed by atoms with van der Waals surface area (Å²) in [7, 11) is -1.51. The summed E-state index contributed by atoms with van der Waals surface area (Å²) >= 11 is 0. The van der Waals surface area contributed by atoms with Crippen LogP contribution >= 0.6 is 0 Å². The van der Waals surface area contributed by atoms with Crippen LogP contribution in [0.1, 0.15) is 23.2 Å². The van der Waals surface area contributed by atoms with E-state index in [1.165, 1.54) is 44.6 Å². The first-order chi connectivity index (χ1) is 13.8. The summed E-state index contributed by atoms with van der Waals surface area (Å²) in [5, 5.41) is 2.18. The third-order valence-corrected chi connectivity index (χ3v) is 4.88. The molecule has 2 aromatic rings. The first-order valence-electron chi connectivity index (χ1n) is 8.52. The molecule has 0 aliphatic heterocycles. The first kappa shape index (κ1) is 20.3. The molecule has 1 saturated carbocycles. The number of aromatic nitrogens is 2. The van der Waals surface area contributed by atoms with Crippen LogP contribution in [-0.4, -0.2) is 44.4 Å². The Morgan fingerprint density at radius 2 is 1.62 bits per heavy atom. The molecule has 0 spiro atoms. The fourth-order valence-corrected chi connectivity index (χ4v) is 3.18. The molecule has 29 heavy (non-hydrogen) atoms. The molecule has 2 amide bonds. The second-order valence-electron chi connectivity index (χ2n) is 6.15. The zero-order chi connectivity index (χ0) is 21.0. The molecule has 11 nitrogen and oxygen atoms in total. The number of carbonyl (C=O) groups excluding carboxylic acids is 2. The number of nitrogens with zero attached hydrogens (tertiary/aromatic N) is 2. The SMILES string of the molecule is COc1cc(OC)nc(NC(=O)NS(=O)(=O)Nc2ccc(C(=O)C3CC3)cc2)n1. The number of benzene rings is 1. The number of ketones is 1. The normalized spacial score (nSPS) is 13.3. The summed E-state index contributed by atoms with van der Waals surface area (Å²) in [5.41, 5.74) is 0.710. The number of urea groups is 1. The lowest BCUT2D eigenvalue weighted by Crippen LogP contribution is -2.38. The van der Waals surface area contributed by atoms with E-state index in [1.54, 1.807) is 4.72 Å². The maximum Gasteiger partial charge on any atom is 0.336 e. The van der Waals surface area contributed by atoms with Crippen molar-refractivity contribution in [3.63, 3.8) is 0 Å². The van der Waals surface area contributed by atoms with E-state index in [0.717, 1.165) is 12.8 Å². The van der Waals surface area contributed by atoms with Gasteiger partial charge in [-0.05, 0) is 37.1 Å². The van der Waals surface area contributed by atoms with Crippen molar-refractivity contribution in [2.45, 2.75) is 12.8 Å². The second kappa shape index (κ2) is 8.31. The van der Waals surface area contributed by atoms with Gasteiger partial charge in [0.1, 0.15) is 0 Å². The Hall–Kier alpha value is -3.41. The summed E-state index contributed by atoms with van der Waals surface area (Å²) in [4.78, 5) is 31.7. The molecule has 0 saturated heterocycles. The number of ether oxygens (including phenoxy) is 2. The minimum atomic E-state index is -4.24. The standard InChI is InChI=1S/C17H19N5O6S/c1-27-13-9-14(28-2)19-16(18-13)20-17(24)22-29(25,26)21-12-7-5-11(6-8-12)15(23)10-3-4-10/h5-10,21H,3-4H2,1-2H3,(H2,18,19,20,22,24). The van der Waals surface area contributed by atoms with Crippen molar-refractivity contribution in [2.75, 3.05) is 24.3 Å². The number of methoxy groups -OCH3 is 2. The highest BCUT2D eigenvalue weighted by molar-refractivity contribution is 7.91. The van der Waals surface area contributed by atoms with Crippen molar-refractivity contribution < 1.29 is 27.5 Å². The van der Waals surface area contributed by atoms with Crippen LogP contribution in [0, 0.1) is 5.92 Å². The number of amides is 2. The van der Waals surface area contributed by atoms with Gasteiger partial charge in [0.05, 0.1) is 26.0 Å². The average Bonchev–Trinajstić information content (AvgIpc) is 3.52. The molecule has 1 heterocycles. The fraction of sp³-hybridized carbons (Fsp3) is 0.294. The average molecular weight is 421 g/mol. The van der Waals surface area contributed by atoms with Crippen LogP contribution < -0.4 is 24.2 Å². The van der Waals surface area contributed by atoms with Crippen molar-refractivity contribution in [1.82, 2.24) is 14.7 Å². The Bertz CT molecular complexity index is 999. The zero-order valence-corrected chi connectivity index (χ0v) is 16.4. The summed E-state index contributed by atoms with van der Waals surface area (Å²) in [5.74, 6) is 0.144. The number of rotatable bonds is 8. The molecule has 1 aromatic carbocycles. The van der Waals surface area contributed by atoms with Gasteiger partial charge in [0.15, 0.2) is 5.78 Å². The lowest BCUT2D eigenvalue weighted by Gasteiger charge is -2.11. The Balaban J connectivity index is 1.61. The topological polar surface area (TPSA) is 149 Å². The molecule has 0 unspecified atom stereocenters. The third kappa shape index (κ3) is 5.54. The van der Waals surface area contributed by atoms with E-state index in [0.29, 0.717) is 5.56 Å². The Morgan fingerprint density at radius 3 is 2.14 bits per heavy atom. The van der Waals surface area contributed by atoms with Crippen molar-refractivity contribution in [3.8, 4) is 11.8 Å². The number of anilines is 2. The summed E-state index contributed by atoms with van der Waals surface area (Å²) < 4.78 is 38.1. The van der Waals surface area contributed by atoms with Crippen LogP contribution in [0.15, 0.2) is 30.3 Å². The van der Waals surface area contributed by atoms with Gasteiger partial charge in [-0.1, -0.05) is 0 Å². The van der Waals surface area contributed by atoms with Gasteiger partial charge < -0.3 is 9.47 Å². The molecular weight excluding hydrogens is 402 g/mol. The van der Waals surface area contributed by atoms with Crippen LogP contribution in [0.2, 0.25) is 0 Å². The molecule has 12 heteroatoms. The fourth-order valence-electron chi connectivity index (χ4n) is 2.38. The maximum absolute atomic E-state index is 12.1. The van der Waals surface area contributed by atoms with Gasteiger partial charge in [-0.15, -0.1) is 0 Å². The summed E-state index contributed by atoms with van der Waals surface area (Å²) in [6.45, 7) is 0. The summed E-state index contributed by atoms with van der Waals surface area (Å²) in [6.07, 6.45) is 1.77. The van der Waals surface area contributed by atoms with Crippen LogP contribution in [-0.2, 0) is 10.2 Å². The molecule has 0 radical (unpaired) electrons. The predicted octanol–water partition coefficient (Wildman–Crippen LogP) is 1.56. The van der Waals surface area contributed by atoms with E-state index in [1.807, 2.05) is 0 Å². The largest absolute Gasteiger partial charge is 0.481 e. The van der Waals surface area contributed by atoms with E-state index < -0.39 is 16.2 Å². The smallest absolute Gasteiger partial charge is 0.336 e.